The summed E-state index contributed by atoms with van der Waals surface area (Å²) in [5.74, 6) is -0.597. The molecule has 0 radical (unpaired) electrons. The number of ether oxygens (including phenoxy) is 5. The van der Waals surface area contributed by atoms with Gasteiger partial charge >= 0.3 is 13.8 Å². The van der Waals surface area contributed by atoms with Gasteiger partial charge in [0.15, 0.2) is 6.10 Å². The van der Waals surface area contributed by atoms with E-state index in [1.165, 1.54) is 6.92 Å². The Kier molecular flexibility index (Phi) is 16.2. The van der Waals surface area contributed by atoms with Crippen molar-refractivity contribution in [2.45, 2.75) is 97.0 Å². The minimum absolute atomic E-state index is 0.0733. The Hall–Kier alpha value is -2.92. The second kappa shape index (κ2) is 20.6. The van der Waals surface area contributed by atoms with Crippen LogP contribution in [0.4, 0.5) is 0 Å². The van der Waals surface area contributed by atoms with E-state index in [4.69, 9.17) is 37.3 Å². The van der Waals surface area contributed by atoms with E-state index < -0.39 is 44.5 Å². The van der Waals surface area contributed by atoms with Crippen molar-refractivity contribution in [3.8, 4) is 0 Å². The number of carbonyl (C=O) groups is 1. The lowest BCUT2D eigenvalue weighted by molar-refractivity contribution is -0.305. The highest BCUT2D eigenvalue weighted by molar-refractivity contribution is 7.48. The lowest BCUT2D eigenvalue weighted by atomic mass is 9.98. The Morgan fingerprint density at radius 2 is 1.17 bits per heavy atom. The zero-order valence-corrected chi connectivity index (χ0v) is 29.0. The highest BCUT2D eigenvalue weighted by atomic mass is 31.2. The van der Waals surface area contributed by atoms with Crippen molar-refractivity contribution in [3.63, 3.8) is 0 Å². The Bertz CT molecular complexity index is 1350. The number of carbonyl (C=O) groups excluding carboxylic acids is 1. The van der Waals surface area contributed by atoms with Gasteiger partial charge in [0.1, 0.15) is 18.3 Å². The fraction of sp³-hybridized carbons (Fsp3) is 0.486. The first kappa shape index (κ1) is 37.9. The van der Waals surface area contributed by atoms with Crippen LogP contribution >= 0.6 is 7.82 Å². The van der Waals surface area contributed by atoms with Crippen molar-refractivity contribution in [1.29, 1.82) is 0 Å². The van der Waals surface area contributed by atoms with E-state index in [9.17, 15) is 9.36 Å². The molecule has 0 unspecified atom stereocenters. The normalized spacial score (nSPS) is 21.2. The van der Waals surface area contributed by atoms with E-state index in [-0.39, 0.29) is 33.0 Å². The van der Waals surface area contributed by atoms with Gasteiger partial charge in [-0.05, 0) is 29.5 Å². The molecule has 1 aliphatic rings. The molecule has 3 aromatic carbocycles. The van der Waals surface area contributed by atoms with Gasteiger partial charge in [-0.2, -0.15) is 0 Å². The zero-order chi connectivity index (χ0) is 34.0. The summed E-state index contributed by atoms with van der Waals surface area (Å²) in [6.07, 6.45) is -2.11. The minimum atomic E-state index is -4.17. The highest BCUT2D eigenvalue weighted by Crippen LogP contribution is 2.52. The summed E-state index contributed by atoms with van der Waals surface area (Å²) in [6.45, 7) is 6.40. The average molecular weight is 685 g/mol. The van der Waals surface area contributed by atoms with Gasteiger partial charge in [-0.25, -0.2) is 4.57 Å². The third-order valence-electron chi connectivity index (χ3n) is 7.59. The number of phosphoric ester groups is 1. The molecule has 0 N–H and O–H groups in total. The first-order chi connectivity index (χ1) is 23.4. The summed E-state index contributed by atoms with van der Waals surface area (Å²) in [7, 11) is -4.17. The summed E-state index contributed by atoms with van der Waals surface area (Å²) in [5.41, 5.74) is 2.82. The summed E-state index contributed by atoms with van der Waals surface area (Å²) >= 11 is 0. The van der Waals surface area contributed by atoms with E-state index in [0.29, 0.717) is 19.4 Å². The van der Waals surface area contributed by atoms with Gasteiger partial charge in [0.2, 0.25) is 6.29 Å². The third kappa shape index (κ3) is 12.5. The van der Waals surface area contributed by atoms with Gasteiger partial charge in [-0.1, -0.05) is 118 Å². The Labute approximate surface area is 284 Å². The minimum Gasteiger partial charge on any atom is -0.454 e. The van der Waals surface area contributed by atoms with Crippen LogP contribution in [-0.4, -0.2) is 56.5 Å². The molecule has 0 bridgehead atoms. The molecular weight excluding hydrogens is 635 g/mol. The fourth-order valence-corrected chi connectivity index (χ4v) is 6.40. The van der Waals surface area contributed by atoms with Gasteiger partial charge in [-0.3, -0.25) is 18.4 Å². The number of phosphoric acid groups is 1. The van der Waals surface area contributed by atoms with Crippen LogP contribution in [0.3, 0.4) is 0 Å². The Morgan fingerprint density at radius 3 is 1.65 bits per heavy atom. The van der Waals surface area contributed by atoms with Crippen molar-refractivity contribution in [3.05, 3.63) is 108 Å². The SMILES string of the molecule is CCCCOP(=O)(OCCCC)O[C@H]1O[C@H](COCc2ccccc2)[C@@H](OCc2ccccc2)[C@H](OCc2ccccc2)[C@H]1OC(C)=O. The first-order valence-corrected chi connectivity index (χ1v) is 18.2. The summed E-state index contributed by atoms with van der Waals surface area (Å²) in [5, 5.41) is 0. The number of benzene rings is 3. The second-order valence-corrected chi connectivity index (χ2v) is 13.2. The topological polar surface area (TPSA) is 108 Å². The molecule has 3 aromatic rings. The maximum atomic E-state index is 14.1. The molecule has 0 spiro atoms. The number of esters is 1. The van der Waals surface area contributed by atoms with Gasteiger partial charge in [0, 0.05) is 6.92 Å². The fourth-order valence-electron chi connectivity index (χ4n) is 5.07. The number of unbranched alkanes of at least 4 members (excludes halogenated alkanes) is 2. The van der Waals surface area contributed by atoms with Crippen molar-refractivity contribution in [1.82, 2.24) is 0 Å². The molecule has 0 aromatic heterocycles. The molecule has 11 heteroatoms. The Morgan fingerprint density at radius 1 is 0.688 bits per heavy atom. The lowest BCUT2D eigenvalue weighted by Gasteiger charge is -2.45. The lowest BCUT2D eigenvalue weighted by Crippen LogP contribution is -2.62. The van der Waals surface area contributed by atoms with E-state index >= 15 is 0 Å². The average Bonchev–Trinajstić information content (AvgIpc) is 3.09. The standard InChI is InChI=1S/C37H49O10P/c1-4-6-23-43-48(39,44-24-7-5-2)47-37-36(45-29(3)38)35(42-27-32-21-15-10-16-22-32)34(41-26-31-19-13-9-14-20-31)33(46-37)28-40-25-30-17-11-8-12-18-30/h8-22,33-37H,4-7,23-28H2,1-3H3/t33-,34-,35+,36-,37-/m1/s1. The van der Waals surface area contributed by atoms with Crippen LogP contribution in [0.1, 0.15) is 63.1 Å². The maximum absolute atomic E-state index is 14.1. The number of hydrogen-bond donors (Lipinski definition) is 0. The van der Waals surface area contributed by atoms with Crippen LogP contribution < -0.4 is 0 Å². The molecular formula is C37H49O10P. The first-order valence-electron chi connectivity index (χ1n) is 16.7. The van der Waals surface area contributed by atoms with Crippen molar-refractivity contribution in [2.24, 2.45) is 0 Å². The number of hydrogen-bond acceptors (Lipinski definition) is 10. The quantitative estimate of drug-likeness (QED) is 0.0627. The summed E-state index contributed by atoms with van der Waals surface area (Å²) in [4.78, 5) is 12.6. The molecule has 0 aliphatic carbocycles. The predicted molar refractivity (Wildman–Crippen MR) is 181 cm³/mol. The third-order valence-corrected chi connectivity index (χ3v) is 9.05. The maximum Gasteiger partial charge on any atom is 0.477 e. The molecule has 10 nitrogen and oxygen atoms in total. The molecule has 1 fully saturated rings. The summed E-state index contributed by atoms with van der Waals surface area (Å²) in [6, 6.07) is 29.1. The number of rotatable bonds is 21. The van der Waals surface area contributed by atoms with Crippen LogP contribution in [0.15, 0.2) is 91.0 Å². The van der Waals surface area contributed by atoms with Gasteiger partial charge in [0.25, 0.3) is 0 Å². The van der Waals surface area contributed by atoms with Gasteiger partial charge in [-0.15, -0.1) is 0 Å². The molecule has 0 saturated carbocycles. The molecule has 0 amide bonds. The second-order valence-electron chi connectivity index (χ2n) is 11.6. The molecule has 1 aliphatic heterocycles. The largest absolute Gasteiger partial charge is 0.477 e. The molecule has 1 heterocycles. The van der Waals surface area contributed by atoms with Gasteiger partial charge < -0.3 is 23.7 Å². The molecule has 48 heavy (non-hydrogen) atoms. The van der Waals surface area contributed by atoms with E-state index in [2.05, 4.69) is 0 Å². The zero-order valence-electron chi connectivity index (χ0n) is 28.1. The smallest absolute Gasteiger partial charge is 0.454 e. The summed E-state index contributed by atoms with van der Waals surface area (Å²) < 4.78 is 63.1. The molecule has 262 valence electrons. The van der Waals surface area contributed by atoms with E-state index in [1.54, 1.807) is 0 Å². The molecule has 1 saturated heterocycles. The van der Waals surface area contributed by atoms with Crippen molar-refractivity contribution >= 4 is 13.8 Å². The van der Waals surface area contributed by atoms with E-state index in [1.807, 2.05) is 105 Å². The van der Waals surface area contributed by atoms with Crippen LogP contribution in [-0.2, 0) is 66.4 Å². The predicted octanol–water partition coefficient (Wildman–Crippen LogP) is 7.79. The highest BCUT2D eigenvalue weighted by Gasteiger charge is 2.52. The van der Waals surface area contributed by atoms with Crippen molar-refractivity contribution < 1.29 is 46.6 Å². The Balaban J connectivity index is 1.67. The van der Waals surface area contributed by atoms with Crippen LogP contribution in [0.25, 0.3) is 0 Å². The van der Waals surface area contributed by atoms with Gasteiger partial charge in [0.05, 0.1) is 39.6 Å². The van der Waals surface area contributed by atoms with Crippen LogP contribution in [0.5, 0.6) is 0 Å². The molecule has 4 rings (SSSR count). The van der Waals surface area contributed by atoms with E-state index in [0.717, 1.165) is 29.5 Å². The van der Waals surface area contributed by atoms with Crippen LogP contribution in [0, 0.1) is 0 Å². The van der Waals surface area contributed by atoms with Crippen LogP contribution in [0.2, 0.25) is 0 Å². The monoisotopic (exact) mass is 684 g/mol. The van der Waals surface area contributed by atoms with Crippen molar-refractivity contribution in [2.75, 3.05) is 19.8 Å². The molecule has 5 atom stereocenters.